The molecule has 2 unspecified atom stereocenters. The van der Waals surface area contributed by atoms with Crippen molar-refractivity contribution in [3.63, 3.8) is 0 Å². The third-order valence-corrected chi connectivity index (χ3v) is 8.52. The summed E-state index contributed by atoms with van der Waals surface area (Å²) in [7, 11) is 0. The minimum Gasteiger partial charge on any atom is -0.391 e. The average molecular weight is 479 g/mol. The first-order valence-electron chi connectivity index (χ1n) is 13.3. The van der Waals surface area contributed by atoms with Gasteiger partial charge in [0.05, 0.1) is 24.1 Å². The molecule has 0 bridgehead atoms. The highest BCUT2D eigenvalue weighted by atomic mass is 16.3. The van der Waals surface area contributed by atoms with Gasteiger partial charge in [-0.15, -0.1) is 0 Å². The second-order valence-electron chi connectivity index (χ2n) is 10.6. The van der Waals surface area contributed by atoms with Crippen LogP contribution in [0.15, 0.2) is 36.5 Å². The van der Waals surface area contributed by atoms with Crippen molar-refractivity contribution in [1.82, 2.24) is 19.7 Å². The number of benzene rings is 1. The quantitative estimate of drug-likeness (QED) is 0.731. The lowest BCUT2D eigenvalue weighted by atomic mass is 9.90. The molecule has 0 radical (unpaired) electrons. The zero-order chi connectivity index (χ0) is 24.4. The number of hydrogen-bond acceptors (Lipinski definition) is 5. The number of aliphatic hydroxyl groups is 1. The number of nitrogens with zero attached hydrogens (tertiary/aromatic N) is 4. The molecule has 4 heterocycles. The lowest BCUT2D eigenvalue weighted by Gasteiger charge is -2.43. The summed E-state index contributed by atoms with van der Waals surface area (Å²) in [6.45, 7) is 6.25. The number of fused-ring (bicyclic) bond motifs is 1. The van der Waals surface area contributed by atoms with E-state index < -0.39 is 6.10 Å². The van der Waals surface area contributed by atoms with Gasteiger partial charge in [-0.1, -0.05) is 18.2 Å². The van der Waals surface area contributed by atoms with Gasteiger partial charge in [0.2, 0.25) is 11.8 Å². The number of hydrogen-bond donors (Lipinski definition) is 1. The largest absolute Gasteiger partial charge is 0.391 e. The molecule has 1 aromatic heterocycles. The molecular weight excluding hydrogens is 440 g/mol. The molecule has 2 amide bonds. The van der Waals surface area contributed by atoms with E-state index >= 15 is 0 Å². The molecule has 3 aliphatic rings. The topological polar surface area (TPSA) is 77.0 Å². The molecule has 5 rings (SSSR count). The zero-order valence-electron chi connectivity index (χ0n) is 20.8. The Kier molecular flexibility index (Phi) is 7.35. The highest BCUT2D eigenvalue weighted by Gasteiger charge is 2.36. The summed E-state index contributed by atoms with van der Waals surface area (Å²) in [6.07, 6.45) is 7.29. The summed E-state index contributed by atoms with van der Waals surface area (Å²) in [5.74, 6) is 0.512. The second-order valence-corrected chi connectivity index (χ2v) is 10.6. The first-order chi connectivity index (χ1) is 17.0. The van der Waals surface area contributed by atoms with Crippen LogP contribution in [0, 0.1) is 5.92 Å². The van der Waals surface area contributed by atoms with Crippen LogP contribution in [0.5, 0.6) is 0 Å². The molecule has 1 aromatic carbocycles. The number of aliphatic hydroxyl groups excluding tert-OH is 1. The number of piperidine rings is 3. The fourth-order valence-electron chi connectivity index (χ4n) is 6.26. The van der Waals surface area contributed by atoms with Gasteiger partial charge in [-0.2, -0.15) is 0 Å². The van der Waals surface area contributed by atoms with Crippen molar-refractivity contribution in [2.45, 2.75) is 70.1 Å². The Bertz CT molecular complexity index is 1040. The van der Waals surface area contributed by atoms with Crippen LogP contribution in [0.2, 0.25) is 0 Å². The van der Waals surface area contributed by atoms with Crippen LogP contribution in [-0.2, 0) is 16.0 Å². The van der Waals surface area contributed by atoms with Crippen LogP contribution < -0.4 is 0 Å². The van der Waals surface area contributed by atoms with Gasteiger partial charge >= 0.3 is 0 Å². The molecule has 0 spiro atoms. The third kappa shape index (κ3) is 5.21. The van der Waals surface area contributed by atoms with E-state index in [-0.39, 0.29) is 23.8 Å². The molecule has 1 N–H and O–H groups in total. The average Bonchev–Trinajstić information content (AvgIpc) is 2.90. The number of aromatic nitrogens is 1. The standard InChI is InChI=1S/C28H38N4O3/c1-20-26(33)8-4-14-32(20)28(35)21-9-15-30(16-10-21)23-11-17-31(18-12-23)27(34)19-22-5-2-7-25-24(22)6-3-13-29-25/h2-3,5-7,13,20-21,23,26,33H,4,8-12,14-19H2,1H3. The van der Waals surface area contributed by atoms with Crippen molar-refractivity contribution in [2.24, 2.45) is 5.92 Å². The Labute approximate surface area is 208 Å². The minimum atomic E-state index is -0.391. The maximum absolute atomic E-state index is 13.1. The van der Waals surface area contributed by atoms with Gasteiger partial charge in [-0.05, 0) is 76.2 Å². The smallest absolute Gasteiger partial charge is 0.227 e. The van der Waals surface area contributed by atoms with Crippen LogP contribution >= 0.6 is 0 Å². The van der Waals surface area contributed by atoms with Gasteiger partial charge in [0, 0.05) is 43.2 Å². The molecule has 0 aliphatic carbocycles. The Balaban J connectivity index is 1.10. The first-order valence-corrected chi connectivity index (χ1v) is 13.3. The van der Waals surface area contributed by atoms with Crippen molar-refractivity contribution >= 4 is 22.7 Å². The van der Waals surface area contributed by atoms with Gasteiger partial charge in [0.1, 0.15) is 0 Å². The summed E-state index contributed by atoms with van der Waals surface area (Å²) in [6, 6.07) is 10.4. The molecule has 3 fully saturated rings. The zero-order valence-corrected chi connectivity index (χ0v) is 20.8. The SMILES string of the molecule is CC1C(O)CCCN1C(=O)C1CCN(C2CCN(C(=O)Cc3cccc4ncccc34)CC2)CC1. The summed E-state index contributed by atoms with van der Waals surface area (Å²) >= 11 is 0. The van der Waals surface area contributed by atoms with Gasteiger partial charge < -0.3 is 19.8 Å². The molecule has 2 aromatic rings. The van der Waals surface area contributed by atoms with Crippen LogP contribution in [-0.4, -0.2) is 87.5 Å². The van der Waals surface area contributed by atoms with E-state index in [9.17, 15) is 14.7 Å². The minimum absolute atomic E-state index is 0.0683. The lowest BCUT2D eigenvalue weighted by molar-refractivity contribution is -0.144. The molecule has 7 heteroatoms. The van der Waals surface area contributed by atoms with Crippen LogP contribution in [0.3, 0.4) is 0 Å². The van der Waals surface area contributed by atoms with Gasteiger partial charge in [-0.25, -0.2) is 0 Å². The molecular formula is C28H38N4O3. The molecule has 188 valence electrons. The summed E-state index contributed by atoms with van der Waals surface area (Å²) < 4.78 is 0. The molecule has 3 aliphatic heterocycles. The van der Waals surface area contributed by atoms with Gasteiger partial charge in [0.25, 0.3) is 0 Å². The van der Waals surface area contributed by atoms with Crippen molar-refractivity contribution in [2.75, 3.05) is 32.7 Å². The number of carbonyl (C=O) groups excluding carboxylic acids is 2. The Morgan fingerprint density at radius 1 is 0.971 bits per heavy atom. The summed E-state index contributed by atoms with van der Waals surface area (Å²) in [5.41, 5.74) is 1.98. The Morgan fingerprint density at radius 2 is 1.74 bits per heavy atom. The maximum Gasteiger partial charge on any atom is 0.227 e. The normalized spacial score (nSPS) is 25.2. The maximum atomic E-state index is 13.1. The van der Waals surface area contributed by atoms with E-state index in [1.165, 1.54) is 0 Å². The van der Waals surface area contributed by atoms with Crippen molar-refractivity contribution < 1.29 is 14.7 Å². The highest BCUT2D eigenvalue weighted by molar-refractivity contribution is 5.88. The van der Waals surface area contributed by atoms with E-state index in [4.69, 9.17) is 0 Å². The lowest BCUT2D eigenvalue weighted by Crippen LogP contribution is -2.54. The van der Waals surface area contributed by atoms with E-state index in [2.05, 4.69) is 9.88 Å². The number of pyridine rings is 1. The summed E-state index contributed by atoms with van der Waals surface area (Å²) in [5, 5.41) is 11.2. The third-order valence-electron chi connectivity index (χ3n) is 8.52. The summed E-state index contributed by atoms with van der Waals surface area (Å²) in [4.78, 5) is 37.0. The van der Waals surface area contributed by atoms with Crippen LogP contribution in [0.4, 0.5) is 0 Å². The number of rotatable bonds is 4. The van der Waals surface area contributed by atoms with Crippen LogP contribution in [0.1, 0.15) is 51.0 Å². The van der Waals surface area contributed by atoms with Crippen molar-refractivity contribution in [3.8, 4) is 0 Å². The monoisotopic (exact) mass is 478 g/mol. The van der Waals surface area contributed by atoms with Crippen molar-refractivity contribution in [1.29, 1.82) is 0 Å². The number of amides is 2. The van der Waals surface area contributed by atoms with E-state index in [0.717, 1.165) is 87.7 Å². The van der Waals surface area contributed by atoms with Gasteiger partial charge in [-0.3, -0.25) is 14.6 Å². The van der Waals surface area contributed by atoms with Crippen LogP contribution in [0.25, 0.3) is 10.9 Å². The highest BCUT2D eigenvalue weighted by Crippen LogP contribution is 2.28. The van der Waals surface area contributed by atoms with E-state index in [1.54, 1.807) is 6.20 Å². The molecule has 0 saturated carbocycles. The predicted molar refractivity (Wildman–Crippen MR) is 136 cm³/mol. The molecule has 35 heavy (non-hydrogen) atoms. The first kappa shape index (κ1) is 24.2. The number of likely N-dealkylation sites (tertiary alicyclic amines) is 3. The van der Waals surface area contributed by atoms with E-state index in [1.807, 2.05) is 47.1 Å². The van der Waals surface area contributed by atoms with Crippen molar-refractivity contribution in [3.05, 3.63) is 42.1 Å². The fraction of sp³-hybridized carbons (Fsp3) is 0.607. The molecule has 7 nitrogen and oxygen atoms in total. The molecule has 3 saturated heterocycles. The Hall–Kier alpha value is -2.51. The molecule has 2 atom stereocenters. The second kappa shape index (κ2) is 10.6. The Morgan fingerprint density at radius 3 is 2.51 bits per heavy atom. The predicted octanol–water partition coefficient (Wildman–Crippen LogP) is 2.85. The number of carbonyl (C=O) groups is 2. The van der Waals surface area contributed by atoms with Gasteiger partial charge in [0.15, 0.2) is 0 Å². The fourth-order valence-corrected chi connectivity index (χ4v) is 6.26. The van der Waals surface area contributed by atoms with E-state index in [0.29, 0.717) is 12.5 Å².